The summed E-state index contributed by atoms with van der Waals surface area (Å²) >= 11 is 1.52. The summed E-state index contributed by atoms with van der Waals surface area (Å²) in [6, 6.07) is 1.87. The second-order valence-electron chi connectivity index (χ2n) is 0.803. The van der Waals surface area contributed by atoms with Crippen molar-refractivity contribution in [2.45, 2.75) is 0 Å². The predicted octanol–water partition coefficient (Wildman–Crippen LogP) is 1.59. The summed E-state index contributed by atoms with van der Waals surface area (Å²) in [4.78, 5) is 0. The number of hydrogen-bond acceptors (Lipinski definition) is 2. The fourth-order valence-corrected chi connectivity index (χ4v) is 0.440. The van der Waals surface area contributed by atoms with Crippen molar-refractivity contribution < 1.29 is 0 Å². The maximum atomic E-state index is 7.92. The molecular weight excluding hydrogens is 106 g/mol. The SMILES string of the molecule is [CH2]CSC=CC#N. The van der Waals surface area contributed by atoms with E-state index in [0.717, 1.165) is 5.75 Å². The van der Waals surface area contributed by atoms with Gasteiger partial charge in [-0.05, 0) is 18.1 Å². The van der Waals surface area contributed by atoms with Crippen molar-refractivity contribution in [1.82, 2.24) is 0 Å². The molecule has 1 radical (unpaired) electrons. The van der Waals surface area contributed by atoms with E-state index in [2.05, 4.69) is 6.92 Å². The van der Waals surface area contributed by atoms with Crippen LogP contribution < -0.4 is 0 Å². The van der Waals surface area contributed by atoms with Gasteiger partial charge in [0.15, 0.2) is 0 Å². The van der Waals surface area contributed by atoms with Crippen molar-refractivity contribution in [2.75, 3.05) is 5.75 Å². The molecule has 0 saturated carbocycles. The molecule has 1 nitrogen and oxygen atoms in total. The fourth-order valence-electron chi connectivity index (χ4n) is 0.147. The average molecular weight is 112 g/mol. The molecule has 0 aromatic rings. The first kappa shape index (κ1) is 6.58. The minimum absolute atomic E-state index is 0.790. The maximum Gasteiger partial charge on any atom is 0.0917 e. The van der Waals surface area contributed by atoms with E-state index in [4.69, 9.17) is 5.26 Å². The highest BCUT2D eigenvalue weighted by Crippen LogP contribution is 1.97. The summed E-state index contributed by atoms with van der Waals surface area (Å²) in [7, 11) is 0. The molecule has 0 saturated heterocycles. The highest BCUT2D eigenvalue weighted by atomic mass is 32.2. The van der Waals surface area contributed by atoms with Gasteiger partial charge in [0.05, 0.1) is 6.07 Å². The van der Waals surface area contributed by atoms with Gasteiger partial charge in [-0.3, -0.25) is 0 Å². The molecule has 37 valence electrons. The number of hydrogen-bond donors (Lipinski definition) is 0. The van der Waals surface area contributed by atoms with Gasteiger partial charge in [0.25, 0.3) is 0 Å². The van der Waals surface area contributed by atoms with Gasteiger partial charge in [-0.15, -0.1) is 11.8 Å². The Bertz CT molecular complexity index is 90.7. The van der Waals surface area contributed by atoms with Crippen LogP contribution in [0, 0.1) is 18.3 Å². The molecule has 0 aliphatic heterocycles. The minimum atomic E-state index is 0.790. The van der Waals surface area contributed by atoms with E-state index in [-0.39, 0.29) is 0 Å². The molecule has 0 aliphatic carbocycles. The Hall–Kier alpha value is -0.420. The number of rotatable bonds is 2. The first-order valence-electron chi connectivity index (χ1n) is 1.87. The summed E-state index contributed by atoms with van der Waals surface area (Å²) in [5, 5.41) is 9.65. The van der Waals surface area contributed by atoms with Crippen molar-refractivity contribution in [2.24, 2.45) is 0 Å². The van der Waals surface area contributed by atoms with Crippen LogP contribution in [-0.4, -0.2) is 5.75 Å². The van der Waals surface area contributed by atoms with Crippen LogP contribution in [0.4, 0.5) is 0 Å². The highest BCUT2D eigenvalue weighted by Gasteiger charge is 1.67. The number of allylic oxidation sites excluding steroid dienone is 1. The van der Waals surface area contributed by atoms with Gasteiger partial charge in [-0.1, -0.05) is 0 Å². The molecule has 0 fully saturated rings. The summed E-state index contributed by atoms with van der Waals surface area (Å²) in [6.45, 7) is 3.56. The topological polar surface area (TPSA) is 23.8 Å². The molecule has 0 rings (SSSR count). The van der Waals surface area contributed by atoms with E-state index < -0.39 is 0 Å². The zero-order valence-electron chi connectivity index (χ0n) is 3.92. The van der Waals surface area contributed by atoms with Crippen LogP contribution in [0.5, 0.6) is 0 Å². The van der Waals surface area contributed by atoms with Crippen LogP contribution >= 0.6 is 11.8 Å². The molecule has 0 heterocycles. The van der Waals surface area contributed by atoms with E-state index in [0.29, 0.717) is 0 Å². The van der Waals surface area contributed by atoms with Gasteiger partial charge in [0.1, 0.15) is 0 Å². The summed E-state index contributed by atoms with van der Waals surface area (Å²) in [5.41, 5.74) is 0. The van der Waals surface area contributed by atoms with E-state index in [9.17, 15) is 0 Å². The monoisotopic (exact) mass is 112 g/mol. The van der Waals surface area contributed by atoms with Gasteiger partial charge in [0, 0.05) is 6.08 Å². The molecule has 0 N–H and O–H groups in total. The fraction of sp³-hybridized carbons (Fsp3) is 0.200. The Balaban J connectivity index is 2.97. The van der Waals surface area contributed by atoms with Crippen LogP contribution in [0.25, 0.3) is 0 Å². The maximum absolute atomic E-state index is 7.92. The zero-order valence-corrected chi connectivity index (χ0v) is 4.74. The first-order valence-corrected chi connectivity index (χ1v) is 2.92. The lowest BCUT2D eigenvalue weighted by Gasteiger charge is -1.75. The van der Waals surface area contributed by atoms with Gasteiger partial charge in [-0.2, -0.15) is 5.26 Å². The number of nitriles is 1. The molecule has 0 aliphatic rings. The number of thioether (sulfide) groups is 1. The average Bonchev–Trinajstić information content (AvgIpc) is 1.69. The predicted molar refractivity (Wildman–Crippen MR) is 32.6 cm³/mol. The van der Waals surface area contributed by atoms with Gasteiger partial charge in [-0.25, -0.2) is 0 Å². The molecule has 0 bridgehead atoms. The van der Waals surface area contributed by atoms with Crippen LogP contribution in [0.15, 0.2) is 11.5 Å². The molecule has 7 heavy (non-hydrogen) atoms. The molecule has 0 aromatic heterocycles. The molecule has 2 heteroatoms. The van der Waals surface area contributed by atoms with Crippen LogP contribution in [-0.2, 0) is 0 Å². The third kappa shape index (κ3) is 5.58. The molecule has 0 spiro atoms. The summed E-state index contributed by atoms with van der Waals surface area (Å²) in [5.74, 6) is 0.790. The Morgan fingerprint density at radius 1 is 1.86 bits per heavy atom. The molecular formula is C5H6NS. The van der Waals surface area contributed by atoms with Crippen molar-refractivity contribution in [3.8, 4) is 6.07 Å². The first-order chi connectivity index (χ1) is 3.41. The highest BCUT2D eigenvalue weighted by molar-refractivity contribution is 8.02. The second-order valence-corrected chi connectivity index (χ2v) is 1.82. The van der Waals surface area contributed by atoms with Crippen LogP contribution in [0.1, 0.15) is 0 Å². The van der Waals surface area contributed by atoms with E-state index in [1.807, 2.05) is 6.07 Å². The molecule has 0 aromatic carbocycles. The van der Waals surface area contributed by atoms with Gasteiger partial charge < -0.3 is 0 Å². The van der Waals surface area contributed by atoms with Crippen molar-refractivity contribution in [1.29, 1.82) is 5.26 Å². The Kier molecular flexibility index (Phi) is 5.25. The number of nitrogens with zero attached hydrogens (tertiary/aromatic N) is 1. The van der Waals surface area contributed by atoms with E-state index in [1.54, 1.807) is 5.41 Å². The van der Waals surface area contributed by atoms with Crippen LogP contribution in [0.2, 0.25) is 0 Å². The lowest BCUT2D eigenvalue weighted by atomic mass is 10.7. The van der Waals surface area contributed by atoms with Crippen LogP contribution in [0.3, 0.4) is 0 Å². The summed E-state index contributed by atoms with van der Waals surface area (Å²) < 4.78 is 0. The molecule has 0 unspecified atom stereocenters. The Morgan fingerprint density at radius 2 is 2.57 bits per heavy atom. The van der Waals surface area contributed by atoms with Gasteiger partial charge in [0.2, 0.25) is 0 Å². The van der Waals surface area contributed by atoms with E-state index in [1.165, 1.54) is 17.8 Å². The third-order valence-corrected chi connectivity index (χ3v) is 0.921. The minimum Gasteiger partial charge on any atom is -0.193 e. The quantitative estimate of drug-likeness (QED) is 0.506. The standard InChI is InChI=1S/C5H6NS/c1-2-7-5-3-4-6/h3,5H,1-2H2. The zero-order chi connectivity index (χ0) is 5.54. The smallest absolute Gasteiger partial charge is 0.0917 e. The Labute approximate surface area is 48.0 Å². The summed E-state index contributed by atoms with van der Waals surface area (Å²) in [6.07, 6.45) is 1.44. The van der Waals surface area contributed by atoms with Crippen molar-refractivity contribution in [3.63, 3.8) is 0 Å². The van der Waals surface area contributed by atoms with Crippen molar-refractivity contribution >= 4 is 11.8 Å². The third-order valence-electron chi connectivity index (χ3n) is 0.357. The van der Waals surface area contributed by atoms with Crippen molar-refractivity contribution in [3.05, 3.63) is 18.4 Å². The lowest BCUT2D eigenvalue weighted by Crippen LogP contribution is -1.55. The molecule has 0 amide bonds. The van der Waals surface area contributed by atoms with E-state index >= 15 is 0 Å². The lowest BCUT2D eigenvalue weighted by molar-refractivity contribution is 1.54. The molecule has 0 atom stereocenters. The van der Waals surface area contributed by atoms with Gasteiger partial charge >= 0.3 is 0 Å². The Morgan fingerprint density at radius 3 is 3.00 bits per heavy atom. The normalized spacial score (nSPS) is 9.14. The second kappa shape index (κ2) is 5.58. The largest absolute Gasteiger partial charge is 0.193 e.